The number of nitrogens with one attached hydrogen (secondary N) is 2. The van der Waals surface area contributed by atoms with Gasteiger partial charge < -0.3 is 0 Å². The normalized spacial score (nSPS) is 11.6. The SMILES string of the molecule is Cc1nnc(N/N=C(\C=C\c2ccccc2)c2ccccc2)[nH]c1=O. The van der Waals surface area contributed by atoms with Gasteiger partial charge in [0.15, 0.2) is 0 Å². The van der Waals surface area contributed by atoms with Crippen molar-refractivity contribution in [1.29, 1.82) is 0 Å². The fourth-order valence-corrected chi connectivity index (χ4v) is 2.10. The van der Waals surface area contributed by atoms with Crippen LogP contribution in [0.15, 0.2) is 76.6 Å². The Balaban J connectivity index is 1.89. The first kappa shape index (κ1) is 16.3. The van der Waals surface area contributed by atoms with Crippen molar-refractivity contribution in [3.05, 3.63) is 93.9 Å². The summed E-state index contributed by atoms with van der Waals surface area (Å²) in [7, 11) is 0. The van der Waals surface area contributed by atoms with E-state index < -0.39 is 0 Å². The summed E-state index contributed by atoms with van der Waals surface area (Å²) in [4.78, 5) is 14.2. The van der Waals surface area contributed by atoms with E-state index in [-0.39, 0.29) is 11.5 Å². The molecule has 6 heteroatoms. The van der Waals surface area contributed by atoms with Crippen LogP contribution >= 0.6 is 0 Å². The number of hydrazone groups is 1. The van der Waals surface area contributed by atoms with Gasteiger partial charge in [-0.2, -0.15) is 5.10 Å². The van der Waals surface area contributed by atoms with E-state index in [0.29, 0.717) is 11.4 Å². The van der Waals surface area contributed by atoms with E-state index >= 15 is 0 Å². The first-order valence-corrected chi connectivity index (χ1v) is 7.78. The first-order valence-electron chi connectivity index (χ1n) is 7.78. The summed E-state index contributed by atoms with van der Waals surface area (Å²) in [6, 6.07) is 19.7. The first-order chi connectivity index (χ1) is 12.2. The molecule has 0 fully saturated rings. The fraction of sp³-hybridized carbons (Fsp3) is 0.0526. The van der Waals surface area contributed by atoms with Gasteiger partial charge in [-0.1, -0.05) is 66.7 Å². The van der Waals surface area contributed by atoms with E-state index in [4.69, 9.17) is 0 Å². The third-order valence-corrected chi connectivity index (χ3v) is 3.45. The molecule has 1 heterocycles. The van der Waals surface area contributed by atoms with Crippen molar-refractivity contribution in [3.8, 4) is 0 Å². The van der Waals surface area contributed by atoms with Crippen molar-refractivity contribution in [3.63, 3.8) is 0 Å². The molecule has 0 radical (unpaired) electrons. The highest BCUT2D eigenvalue weighted by molar-refractivity contribution is 6.10. The Hall–Kier alpha value is -3.54. The van der Waals surface area contributed by atoms with Crippen LogP contribution in [0.5, 0.6) is 0 Å². The van der Waals surface area contributed by atoms with Crippen LogP contribution in [0.1, 0.15) is 16.8 Å². The molecule has 0 aliphatic heterocycles. The number of nitrogens with zero attached hydrogens (tertiary/aromatic N) is 3. The number of anilines is 1. The van der Waals surface area contributed by atoms with E-state index in [1.807, 2.05) is 72.8 Å². The number of aryl methyl sites for hydroxylation is 1. The van der Waals surface area contributed by atoms with Gasteiger partial charge in [-0.05, 0) is 18.6 Å². The molecule has 124 valence electrons. The Bertz CT molecular complexity index is 946. The number of aromatic amines is 1. The lowest BCUT2D eigenvalue weighted by Crippen LogP contribution is -2.16. The monoisotopic (exact) mass is 331 g/mol. The van der Waals surface area contributed by atoms with E-state index in [2.05, 4.69) is 25.7 Å². The third kappa shape index (κ3) is 4.48. The minimum absolute atomic E-state index is 0.192. The summed E-state index contributed by atoms with van der Waals surface area (Å²) in [5.41, 5.74) is 5.47. The van der Waals surface area contributed by atoms with Gasteiger partial charge in [0.25, 0.3) is 5.56 Å². The molecule has 3 aromatic rings. The van der Waals surface area contributed by atoms with Crippen LogP contribution in [-0.4, -0.2) is 20.9 Å². The minimum Gasteiger partial charge on any atom is -0.288 e. The molecule has 2 N–H and O–H groups in total. The highest BCUT2D eigenvalue weighted by Gasteiger charge is 2.02. The molecule has 0 unspecified atom stereocenters. The Kier molecular flexibility index (Phi) is 5.11. The zero-order valence-electron chi connectivity index (χ0n) is 13.7. The zero-order valence-corrected chi connectivity index (χ0v) is 13.7. The number of rotatable bonds is 5. The molecule has 0 spiro atoms. The topological polar surface area (TPSA) is 83.0 Å². The standard InChI is InChI=1S/C19H17N5O/c1-14-18(25)20-19(23-21-14)24-22-17(16-10-6-3-7-11-16)13-12-15-8-4-2-5-9-15/h2-13H,1H3,(H2,20,23,24,25)/b13-12+,22-17+. The maximum Gasteiger partial charge on any atom is 0.274 e. The summed E-state index contributed by atoms with van der Waals surface area (Å²) < 4.78 is 0. The summed E-state index contributed by atoms with van der Waals surface area (Å²) in [5, 5.41) is 12.0. The molecule has 6 nitrogen and oxygen atoms in total. The van der Waals surface area contributed by atoms with Gasteiger partial charge in [0, 0.05) is 5.56 Å². The van der Waals surface area contributed by atoms with Crippen molar-refractivity contribution in [2.45, 2.75) is 6.92 Å². The van der Waals surface area contributed by atoms with Crippen LogP contribution in [0.25, 0.3) is 6.08 Å². The van der Waals surface area contributed by atoms with E-state index in [0.717, 1.165) is 11.1 Å². The molecule has 0 aliphatic carbocycles. The molecular formula is C19H17N5O. The quantitative estimate of drug-likeness (QED) is 0.556. The second kappa shape index (κ2) is 7.83. The van der Waals surface area contributed by atoms with Crippen molar-refractivity contribution >= 4 is 17.7 Å². The largest absolute Gasteiger partial charge is 0.288 e. The Morgan fingerprint density at radius 1 is 1.04 bits per heavy atom. The average molecular weight is 331 g/mol. The molecule has 0 saturated heterocycles. The molecule has 0 aliphatic rings. The van der Waals surface area contributed by atoms with Crippen LogP contribution < -0.4 is 11.0 Å². The van der Waals surface area contributed by atoms with Crippen LogP contribution in [0.4, 0.5) is 5.95 Å². The molecule has 0 saturated carbocycles. The smallest absolute Gasteiger partial charge is 0.274 e. The van der Waals surface area contributed by atoms with Crippen molar-refractivity contribution in [2.75, 3.05) is 5.43 Å². The van der Waals surface area contributed by atoms with Gasteiger partial charge in [-0.3, -0.25) is 9.78 Å². The number of benzene rings is 2. The maximum atomic E-state index is 11.6. The fourth-order valence-electron chi connectivity index (χ4n) is 2.10. The lowest BCUT2D eigenvalue weighted by atomic mass is 10.1. The van der Waals surface area contributed by atoms with Crippen molar-refractivity contribution in [2.24, 2.45) is 5.10 Å². The summed E-state index contributed by atoms with van der Waals surface area (Å²) in [6.45, 7) is 1.59. The van der Waals surface area contributed by atoms with Gasteiger partial charge in [0.1, 0.15) is 5.69 Å². The van der Waals surface area contributed by atoms with Gasteiger partial charge in [0.2, 0.25) is 5.95 Å². The Morgan fingerprint density at radius 2 is 1.72 bits per heavy atom. The second-order valence-corrected chi connectivity index (χ2v) is 5.31. The lowest BCUT2D eigenvalue weighted by molar-refractivity contribution is 0.897. The number of aromatic nitrogens is 3. The summed E-state index contributed by atoms with van der Waals surface area (Å²) in [5.74, 6) is 0.192. The predicted molar refractivity (Wildman–Crippen MR) is 99.5 cm³/mol. The molecule has 0 amide bonds. The molecule has 3 rings (SSSR count). The van der Waals surface area contributed by atoms with Crippen LogP contribution in [0.3, 0.4) is 0 Å². The number of allylic oxidation sites excluding steroid dienone is 1. The molecular weight excluding hydrogens is 314 g/mol. The highest BCUT2D eigenvalue weighted by atomic mass is 16.1. The summed E-state index contributed by atoms with van der Waals surface area (Å²) >= 11 is 0. The van der Waals surface area contributed by atoms with Gasteiger partial charge in [0.05, 0.1) is 5.71 Å². The van der Waals surface area contributed by atoms with Gasteiger partial charge in [-0.25, -0.2) is 5.43 Å². The number of hydrogen-bond acceptors (Lipinski definition) is 5. The molecule has 0 bridgehead atoms. The van der Waals surface area contributed by atoms with Gasteiger partial charge in [-0.15, -0.1) is 10.2 Å². The van der Waals surface area contributed by atoms with E-state index in [1.54, 1.807) is 6.92 Å². The molecule has 2 aromatic carbocycles. The maximum absolute atomic E-state index is 11.6. The lowest BCUT2D eigenvalue weighted by Gasteiger charge is -2.04. The second-order valence-electron chi connectivity index (χ2n) is 5.31. The van der Waals surface area contributed by atoms with Gasteiger partial charge >= 0.3 is 0 Å². The number of hydrogen-bond donors (Lipinski definition) is 2. The minimum atomic E-state index is -0.297. The predicted octanol–water partition coefficient (Wildman–Crippen LogP) is 3.00. The Morgan fingerprint density at radius 3 is 2.40 bits per heavy atom. The molecule has 0 atom stereocenters. The van der Waals surface area contributed by atoms with E-state index in [1.165, 1.54) is 0 Å². The Labute approximate surface area is 145 Å². The zero-order chi connectivity index (χ0) is 17.5. The van der Waals surface area contributed by atoms with Crippen molar-refractivity contribution in [1.82, 2.24) is 15.2 Å². The third-order valence-electron chi connectivity index (χ3n) is 3.45. The average Bonchev–Trinajstić information content (AvgIpc) is 2.66. The highest BCUT2D eigenvalue weighted by Crippen LogP contribution is 2.07. The molecule has 25 heavy (non-hydrogen) atoms. The van der Waals surface area contributed by atoms with Crippen LogP contribution in [0.2, 0.25) is 0 Å². The number of H-pyrrole nitrogens is 1. The van der Waals surface area contributed by atoms with Crippen LogP contribution in [0, 0.1) is 6.92 Å². The van der Waals surface area contributed by atoms with Crippen LogP contribution in [-0.2, 0) is 0 Å². The molecule has 1 aromatic heterocycles. The van der Waals surface area contributed by atoms with Crippen molar-refractivity contribution < 1.29 is 0 Å². The van der Waals surface area contributed by atoms with E-state index in [9.17, 15) is 4.79 Å². The summed E-state index contributed by atoms with van der Waals surface area (Å²) in [6.07, 6.45) is 3.87.